The van der Waals surface area contributed by atoms with E-state index in [-0.39, 0.29) is 35.6 Å². The fourth-order valence-corrected chi connectivity index (χ4v) is 4.44. The number of hydrogen-bond acceptors (Lipinski definition) is 5. The first kappa shape index (κ1) is 20.2. The van der Waals surface area contributed by atoms with Gasteiger partial charge in [-0.3, -0.25) is 9.78 Å². The van der Waals surface area contributed by atoms with Crippen molar-refractivity contribution in [2.45, 2.75) is 24.3 Å². The lowest BCUT2D eigenvalue weighted by atomic mass is 9.97. The molecule has 0 unspecified atom stereocenters. The Kier molecular flexibility index (Phi) is 6.20. The van der Waals surface area contributed by atoms with Gasteiger partial charge >= 0.3 is 6.61 Å². The first-order valence-corrected chi connectivity index (χ1v) is 10.1. The zero-order valence-corrected chi connectivity index (χ0v) is 15.6. The number of alkyl halides is 2. The van der Waals surface area contributed by atoms with E-state index < -0.39 is 16.6 Å². The molecule has 28 heavy (non-hydrogen) atoms. The van der Waals surface area contributed by atoms with E-state index in [9.17, 15) is 22.0 Å². The molecule has 2 heterocycles. The summed E-state index contributed by atoms with van der Waals surface area (Å²) in [6.07, 6.45) is 3.51. The van der Waals surface area contributed by atoms with E-state index >= 15 is 0 Å². The van der Waals surface area contributed by atoms with Gasteiger partial charge in [-0.15, -0.1) is 0 Å². The van der Waals surface area contributed by atoms with Crippen LogP contribution in [0.2, 0.25) is 0 Å². The topological polar surface area (TPSA) is 88.6 Å². The second-order valence-corrected chi connectivity index (χ2v) is 8.20. The fourth-order valence-electron chi connectivity index (χ4n) is 3.00. The van der Waals surface area contributed by atoms with Gasteiger partial charge in [-0.1, -0.05) is 6.07 Å². The number of benzene rings is 1. The second-order valence-electron chi connectivity index (χ2n) is 6.26. The summed E-state index contributed by atoms with van der Waals surface area (Å²) in [6, 6.07) is 8.78. The molecule has 2 aromatic rings. The Hall–Kier alpha value is -2.59. The van der Waals surface area contributed by atoms with Crippen LogP contribution in [0.4, 0.5) is 14.5 Å². The van der Waals surface area contributed by atoms with Crippen LogP contribution in [0.5, 0.6) is 5.75 Å². The molecule has 3 rings (SSSR count). The van der Waals surface area contributed by atoms with Crippen LogP contribution in [0.3, 0.4) is 0 Å². The van der Waals surface area contributed by atoms with Crippen LogP contribution < -0.4 is 10.1 Å². The van der Waals surface area contributed by atoms with Crippen molar-refractivity contribution >= 4 is 21.6 Å². The van der Waals surface area contributed by atoms with Crippen molar-refractivity contribution < 1.29 is 26.7 Å². The molecule has 0 saturated carbocycles. The van der Waals surface area contributed by atoms with E-state index in [1.165, 1.54) is 41.0 Å². The zero-order chi connectivity index (χ0) is 20.1. The summed E-state index contributed by atoms with van der Waals surface area (Å²) in [5.74, 6) is -0.710. The van der Waals surface area contributed by atoms with E-state index in [0.717, 1.165) is 0 Å². The predicted octanol–water partition coefficient (Wildman–Crippen LogP) is 2.72. The van der Waals surface area contributed by atoms with E-state index in [1.54, 1.807) is 12.1 Å². The molecule has 0 spiro atoms. The number of aromatic nitrogens is 1. The molecule has 0 aliphatic carbocycles. The van der Waals surface area contributed by atoms with Gasteiger partial charge in [-0.05, 0) is 37.1 Å². The molecular formula is C18H19F2N3O4S. The standard InChI is InChI=1S/C18H19F2N3O4S/c19-18(20)27-15-4-1-3-14(11-15)22-17(24)13-6-9-23(10-7-13)28(25,26)16-5-2-8-21-12-16/h1-5,8,11-13,18H,6-7,9-10H2,(H,22,24). The van der Waals surface area contributed by atoms with Gasteiger partial charge in [0.1, 0.15) is 10.6 Å². The van der Waals surface area contributed by atoms with Crippen molar-refractivity contribution in [3.05, 3.63) is 48.8 Å². The molecule has 1 aromatic heterocycles. The number of pyridine rings is 1. The average Bonchev–Trinajstić information content (AvgIpc) is 2.68. The third-order valence-electron chi connectivity index (χ3n) is 4.42. The highest BCUT2D eigenvalue weighted by atomic mass is 32.2. The SMILES string of the molecule is O=C(Nc1cccc(OC(F)F)c1)C1CCN(S(=O)(=O)c2cccnc2)CC1. The van der Waals surface area contributed by atoms with Crippen LogP contribution in [0.1, 0.15) is 12.8 Å². The Morgan fingerprint density at radius 3 is 2.61 bits per heavy atom. The maximum Gasteiger partial charge on any atom is 0.387 e. The Bertz CT molecular complexity index is 917. The number of piperidine rings is 1. The highest BCUT2D eigenvalue weighted by molar-refractivity contribution is 7.89. The maximum atomic E-state index is 12.6. The van der Waals surface area contributed by atoms with Crippen LogP contribution in [-0.4, -0.2) is 43.3 Å². The van der Waals surface area contributed by atoms with E-state index in [0.29, 0.717) is 18.5 Å². The number of carbonyl (C=O) groups is 1. The van der Waals surface area contributed by atoms with Crippen molar-refractivity contribution in [3.63, 3.8) is 0 Å². The van der Waals surface area contributed by atoms with Crippen molar-refractivity contribution in [2.24, 2.45) is 5.92 Å². The van der Waals surface area contributed by atoms with Gasteiger partial charge in [0, 0.05) is 43.2 Å². The molecule has 0 atom stereocenters. The van der Waals surface area contributed by atoms with Crippen LogP contribution in [0, 0.1) is 5.92 Å². The minimum atomic E-state index is -3.64. The molecule has 1 aromatic carbocycles. The van der Waals surface area contributed by atoms with Crippen molar-refractivity contribution in [3.8, 4) is 5.75 Å². The number of nitrogens with zero attached hydrogens (tertiary/aromatic N) is 2. The molecular weight excluding hydrogens is 392 g/mol. The van der Waals surface area contributed by atoms with Gasteiger partial charge < -0.3 is 10.1 Å². The van der Waals surface area contributed by atoms with Crippen LogP contribution >= 0.6 is 0 Å². The highest BCUT2D eigenvalue weighted by Crippen LogP contribution is 2.25. The molecule has 1 aliphatic heterocycles. The summed E-state index contributed by atoms with van der Waals surface area (Å²) in [5.41, 5.74) is 0.341. The summed E-state index contributed by atoms with van der Waals surface area (Å²) >= 11 is 0. The lowest BCUT2D eigenvalue weighted by Crippen LogP contribution is -2.41. The molecule has 150 valence electrons. The maximum absolute atomic E-state index is 12.6. The number of amides is 1. The number of nitrogens with one attached hydrogen (secondary N) is 1. The minimum Gasteiger partial charge on any atom is -0.435 e. The van der Waals surface area contributed by atoms with Crippen molar-refractivity contribution in [2.75, 3.05) is 18.4 Å². The van der Waals surface area contributed by atoms with E-state index in [2.05, 4.69) is 15.0 Å². The molecule has 0 bridgehead atoms. The Morgan fingerprint density at radius 1 is 1.21 bits per heavy atom. The first-order valence-electron chi connectivity index (χ1n) is 8.62. The molecule has 1 fully saturated rings. The van der Waals surface area contributed by atoms with Gasteiger partial charge in [-0.2, -0.15) is 13.1 Å². The average molecular weight is 411 g/mol. The summed E-state index contributed by atoms with van der Waals surface area (Å²) < 4.78 is 55.4. The molecule has 1 saturated heterocycles. The number of carbonyl (C=O) groups excluding carboxylic acids is 1. The molecule has 0 radical (unpaired) electrons. The zero-order valence-electron chi connectivity index (χ0n) is 14.8. The molecule has 7 nitrogen and oxygen atoms in total. The smallest absolute Gasteiger partial charge is 0.387 e. The van der Waals surface area contributed by atoms with Gasteiger partial charge in [0.05, 0.1) is 0 Å². The van der Waals surface area contributed by atoms with Crippen LogP contribution in [0.15, 0.2) is 53.7 Å². The molecule has 10 heteroatoms. The highest BCUT2D eigenvalue weighted by Gasteiger charge is 2.32. The van der Waals surface area contributed by atoms with Crippen LogP contribution in [-0.2, 0) is 14.8 Å². The monoisotopic (exact) mass is 411 g/mol. The molecule has 1 aliphatic rings. The summed E-state index contributed by atoms with van der Waals surface area (Å²) in [6.45, 7) is -2.52. The summed E-state index contributed by atoms with van der Waals surface area (Å²) in [5, 5.41) is 2.67. The van der Waals surface area contributed by atoms with Crippen molar-refractivity contribution in [1.29, 1.82) is 0 Å². The lowest BCUT2D eigenvalue weighted by Gasteiger charge is -2.30. The largest absolute Gasteiger partial charge is 0.435 e. The number of sulfonamides is 1. The van der Waals surface area contributed by atoms with Crippen molar-refractivity contribution in [1.82, 2.24) is 9.29 Å². The Morgan fingerprint density at radius 2 is 1.96 bits per heavy atom. The Balaban J connectivity index is 1.58. The third-order valence-corrected chi connectivity index (χ3v) is 6.31. The number of anilines is 1. The van der Waals surface area contributed by atoms with Crippen LogP contribution in [0.25, 0.3) is 0 Å². The number of ether oxygens (including phenoxy) is 1. The predicted molar refractivity (Wildman–Crippen MR) is 97.4 cm³/mol. The lowest BCUT2D eigenvalue weighted by molar-refractivity contribution is -0.120. The quantitative estimate of drug-likeness (QED) is 0.790. The second kappa shape index (κ2) is 8.61. The molecule has 1 N–H and O–H groups in total. The van der Waals surface area contributed by atoms with Gasteiger partial charge in [0.15, 0.2) is 0 Å². The summed E-state index contributed by atoms with van der Waals surface area (Å²) in [4.78, 5) is 16.4. The fraction of sp³-hybridized carbons (Fsp3) is 0.333. The van der Waals surface area contributed by atoms with Gasteiger partial charge in [0.25, 0.3) is 0 Å². The normalized spacial score (nSPS) is 16.1. The third kappa shape index (κ3) is 4.82. The van der Waals surface area contributed by atoms with E-state index in [1.807, 2.05) is 0 Å². The van der Waals surface area contributed by atoms with Gasteiger partial charge in [-0.25, -0.2) is 8.42 Å². The summed E-state index contributed by atoms with van der Waals surface area (Å²) in [7, 11) is -3.64. The van der Waals surface area contributed by atoms with Gasteiger partial charge in [0.2, 0.25) is 15.9 Å². The molecule has 1 amide bonds. The first-order chi connectivity index (χ1) is 13.4. The number of halogens is 2. The van der Waals surface area contributed by atoms with E-state index in [4.69, 9.17) is 0 Å². The Labute approximate surface area is 161 Å². The minimum absolute atomic E-state index is 0.0508. The number of rotatable bonds is 6. The number of hydrogen-bond donors (Lipinski definition) is 1.